The number of aromatic amines is 1. The van der Waals surface area contributed by atoms with E-state index < -0.39 is 0 Å². The van der Waals surface area contributed by atoms with Crippen LogP contribution in [0.5, 0.6) is 0 Å². The first kappa shape index (κ1) is 31.8. The monoisotopic (exact) mass is 585 g/mol. The molecular weight excluding hydrogens is 530 g/mol. The smallest absolute Gasteiger partial charge is 0.333 e. The summed E-state index contributed by atoms with van der Waals surface area (Å²) < 4.78 is 4.92. The van der Waals surface area contributed by atoms with Crippen molar-refractivity contribution in [2.24, 2.45) is 22.7 Å². The van der Waals surface area contributed by atoms with E-state index in [1.54, 1.807) is 5.56 Å². The Morgan fingerprint density at radius 2 is 1.63 bits per heavy atom. The van der Waals surface area contributed by atoms with Crippen molar-refractivity contribution in [3.05, 3.63) is 69.5 Å². The number of aliphatic hydroxyl groups is 1. The largest absolute Gasteiger partial charge is 0.466 e. The van der Waals surface area contributed by atoms with Gasteiger partial charge in [-0.05, 0) is 144 Å². The minimum atomic E-state index is -0.323. The molecule has 2 N–H and O–H groups in total. The van der Waals surface area contributed by atoms with Crippen LogP contribution in [0.25, 0.3) is 10.9 Å². The van der Waals surface area contributed by atoms with Gasteiger partial charge in [0.25, 0.3) is 0 Å². The van der Waals surface area contributed by atoms with Crippen LogP contribution in [0.4, 0.5) is 0 Å². The Hall–Kier alpha value is -2.59. The fourth-order valence-corrected chi connectivity index (χ4v) is 9.57. The van der Waals surface area contributed by atoms with Crippen LogP contribution < -0.4 is 0 Å². The van der Waals surface area contributed by atoms with E-state index in [4.69, 9.17) is 4.74 Å². The highest BCUT2D eigenvalue weighted by Gasteiger charge is 2.66. The van der Waals surface area contributed by atoms with Gasteiger partial charge in [0, 0.05) is 27.6 Å². The van der Waals surface area contributed by atoms with E-state index in [1.165, 1.54) is 52.4 Å². The predicted octanol–water partition coefficient (Wildman–Crippen LogP) is 9.09. The first-order valence-electron chi connectivity index (χ1n) is 16.6. The van der Waals surface area contributed by atoms with E-state index in [9.17, 15) is 9.90 Å². The van der Waals surface area contributed by atoms with Crippen LogP contribution in [0.3, 0.4) is 0 Å². The van der Waals surface area contributed by atoms with E-state index >= 15 is 0 Å². The number of hydrogen-bond donors (Lipinski definition) is 2. The molecule has 0 spiro atoms. The van der Waals surface area contributed by atoms with Crippen LogP contribution in [0.2, 0.25) is 0 Å². The number of H-pyrrole nitrogens is 1. The maximum absolute atomic E-state index is 12.0. The van der Waals surface area contributed by atoms with Crippen LogP contribution in [0.15, 0.2) is 47.1 Å². The first-order chi connectivity index (χ1) is 20.3. The summed E-state index contributed by atoms with van der Waals surface area (Å²) in [5.41, 5.74) is 10.4. The summed E-state index contributed by atoms with van der Waals surface area (Å²) in [6.45, 7) is 18.0. The topological polar surface area (TPSA) is 62.3 Å². The zero-order chi connectivity index (χ0) is 31.3. The molecule has 1 aromatic heterocycles. The molecule has 0 amide bonds. The Bertz CT molecular complexity index is 1480. The summed E-state index contributed by atoms with van der Waals surface area (Å²) in [7, 11) is 1.43. The SMILES string of the molecule is COC(=O)/C(C)=C/CC[C@]1(C)[C@@H](O)CC[C@@]2(C)[C@H]1CC[C@H]1Cc3c([nH]c4cc(CC=C(C)C)c(CC=C(C)C)cc34)[C@@]12C. The molecule has 0 aliphatic heterocycles. The number of ether oxygens (including phenoxy) is 1. The molecule has 0 bridgehead atoms. The molecule has 1 heterocycles. The van der Waals surface area contributed by atoms with Crippen molar-refractivity contribution in [1.29, 1.82) is 0 Å². The lowest BCUT2D eigenvalue weighted by atomic mass is 9.40. The minimum absolute atomic E-state index is 0.0313. The maximum atomic E-state index is 12.0. The Balaban J connectivity index is 1.55. The number of methoxy groups -OCH3 is 1. The number of carbonyl (C=O) groups is 1. The van der Waals surface area contributed by atoms with Crippen molar-refractivity contribution in [3.63, 3.8) is 0 Å². The Morgan fingerprint density at radius 3 is 2.26 bits per heavy atom. The van der Waals surface area contributed by atoms with Gasteiger partial charge in [-0.25, -0.2) is 4.79 Å². The van der Waals surface area contributed by atoms with Gasteiger partial charge in [-0.1, -0.05) is 50.1 Å². The molecule has 6 atom stereocenters. The summed E-state index contributed by atoms with van der Waals surface area (Å²) >= 11 is 0. The van der Waals surface area contributed by atoms with Crippen LogP contribution in [0, 0.1) is 22.7 Å². The number of allylic oxidation sites excluding steroid dienone is 5. The number of aromatic nitrogens is 1. The summed E-state index contributed by atoms with van der Waals surface area (Å²) in [5, 5.41) is 13.0. The van der Waals surface area contributed by atoms with E-state index in [0.717, 1.165) is 51.4 Å². The number of rotatable bonds is 8. The van der Waals surface area contributed by atoms with Crippen molar-refractivity contribution in [1.82, 2.24) is 4.98 Å². The third-order valence-electron chi connectivity index (χ3n) is 12.4. The lowest BCUT2D eigenvalue weighted by Crippen LogP contribution is -2.62. The maximum Gasteiger partial charge on any atom is 0.333 e. The molecule has 234 valence electrons. The van der Waals surface area contributed by atoms with Crippen LogP contribution in [0.1, 0.15) is 116 Å². The molecule has 43 heavy (non-hydrogen) atoms. The molecule has 2 aromatic rings. The number of carbonyl (C=O) groups excluding carboxylic acids is 1. The van der Waals surface area contributed by atoms with E-state index in [-0.39, 0.29) is 28.3 Å². The summed E-state index contributed by atoms with van der Waals surface area (Å²) in [6, 6.07) is 4.94. The molecule has 1 aromatic carbocycles. The molecule has 2 fully saturated rings. The van der Waals surface area contributed by atoms with E-state index in [0.29, 0.717) is 17.4 Å². The lowest BCUT2D eigenvalue weighted by Gasteiger charge is -2.65. The average Bonchev–Trinajstić information content (AvgIpc) is 3.46. The van der Waals surface area contributed by atoms with Gasteiger partial charge in [-0.2, -0.15) is 0 Å². The predicted molar refractivity (Wildman–Crippen MR) is 178 cm³/mol. The van der Waals surface area contributed by atoms with Crippen molar-refractivity contribution in [2.75, 3.05) is 7.11 Å². The van der Waals surface area contributed by atoms with Crippen LogP contribution in [-0.2, 0) is 34.2 Å². The number of hydrogen-bond acceptors (Lipinski definition) is 3. The average molecular weight is 586 g/mol. The fraction of sp³-hybridized carbons (Fsp3) is 0.615. The first-order valence-corrected chi connectivity index (χ1v) is 16.6. The second-order valence-electron chi connectivity index (χ2n) is 15.2. The van der Waals surface area contributed by atoms with E-state index in [2.05, 4.69) is 77.7 Å². The summed E-state index contributed by atoms with van der Waals surface area (Å²) in [4.78, 5) is 16.1. The van der Waals surface area contributed by atoms with E-state index in [1.807, 2.05) is 13.0 Å². The molecule has 4 heteroatoms. The number of nitrogens with one attached hydrogen (secondary N) is 1. The molecule has 3 aliphatic carbocycles. The second kappa shape index (κ2) is 11.7. The van der Waals surface area contributed by atoms with Gasteiger partial charge >= 0.3 is 5.97 Å². The van der Waals surface area contributed by atoms with Gasteiger partial charge in [-0.15, -0.1) is 0 Å². The van der Waals surface area contributed by atoms with Crippen molar-refractivity contribution in [3.8, 4) is 0 Å². The number of fused-ring (bicyclic) bond motifs is 7. The third-order valence-corrected chi connectivity index (χ3v) is 12.4. The summed E-state index contributed by atoms with van der Waals surface area (Å²) in [6.07, 6.45) is 15.4. The fourth-order valence-electron chi connectivity index (χ4n) is 9.57. The zero-order valence-electron chi connectivity index (χ0n) is 28.2. The molecule has 5 rings (SSSR count). The normalized spacial score (nSPS) is 31.7. The highest BCUT2D eigenvalue weighted by molar-refractivity contribution is 5.88. The van der Waals surface area contributed by atoms with Crippen LogP contribution >= 0.6 is 0 Å². The number of benzene rings is 1. The van der Waals surface area contributed by atoms with Gasteiger partial charge in [-0.3, -0.25) is 0 Å². The Labute approximate surface area is 260 Å². The highest BCUT2D eigenvalue weighted by atomic mass is 16.5. The van der Waals surface area contributed by atoms with Crippen molar-refractivity contribution in [2.45, 2.75) is 125 Å². The second-order valence-corrected chi connectivity index (χ2v) is 15.2. The highest BCUT2D eigenvalue weighted by Crippen LogP contribution is 2.70. The van der Waals surface area contributed by atoms with Gasteiger partial charge in [0.1, 0.15) is 0 Å². The third kappa shape index (κ3) is 5.26. The standard InChI is InChI=1S/C39H55NO3/c1-24(2)12-14-27-21-30-31-23-29-16-17-33-37(6,19-10-11-26(5)36(42)43-9)34(41)18-20-38(33,7)39(29,8)35(31)40-32(30)22-28(27)15-13-25(3)4/h11-13,21-22,29,33-34,40-41H,10,14-20,23H2,1-9H3/b26-11+/t29-,33-,34-,37-,38-,39+/m0/s1. The molecule has 2 saturated carbocycles. The van der Waals surface area contributed by atoms with Crippen molar-refractivity contribution < 1.29 is 14.6 Å². The van der Waals surface area contributed by atoms with Gasteiger partial charge in [0.15, 0.2) is 0 Å². The lowest BCUT2D eigenvalue weighted by molar-refractivity contribution is -0.166. The molecule has 4 nitrogen and oxygen atoms in total. The minimum Gasteiger partial charge on any atom is -0.466 e. The van der Waals surface area contributed by atoms with Crippen LogP contribution in [-0.4, -0.2) is 29.3 Å². The quantitative estimate of drug-likeness (QED) is 0.184. The molecule has 0 radical (unpaired) electrons. The Morgan fingerprint density at radius 1 is 0.977 bits per heavy atom. The van der Waals surface area contributed by atoms with Crippen molar-refractivity contribution >= 4 is 16.9 Å². The summed E-state index contributed by atoms with van der Waals surface area (Å²) in [5.74, 6) is 0.764. The molecule has 0 unspecified atom stereocenters. The molecule has 0 saturated heterocycles. The molecule has 3 aliphatic rings. The molecular formula is C39H55NO3. The van der Waals surface area contributed by atoms with Gasteiger partial charge < -0.3 is 14.8 Å². The zero-order valence-corrected chi connectivity index (χ0v) is 28.2. The number of aliphatic hydroxyl groups excluding tert-OH is 1. The number of esters is 1. The van der Waals surface area contributed by atoms with Gasteiger partial charge in [0.05, 0.1) is 13.2 Å². The Kier molecular flexibility index (Phi) is 8.68. The van der Waals surface area contributed by atoms with Gasteiger partial charge in [0.2, 0.25) is 0 Å².